The molecule has 1 aromatic heterocycles. The molecule has 0 spiro atoms. The fraction of sp³-hybridized carbons (Fsp3) is 0.333. The fourth-order valence-corrected chi connectivity index (χ4v) is 3.37. The summed E-state index contributed by atoms with van der Waals surface area (Å²) in [6.45, 7) is 0. The molecule has 0 aliphatic rings. The lowest BCUT2D eigenvalue weighted by Gasteiger charge is -2.00. The number of alkyl halides is 1. The van der Waals surface area contributed by atoms with Gasteiger partial charge < -0.3 is 0 Å². The first-order valence-electron chi connectivity index (χ1n) is 3.17. The Morgan fingerprint density at radius 3 is 2.83 bits per heavy atom. The molecule has 1 N–H and O–H groups in total. The Hall–Kier alpha value is -0.100. The van der Waals surface area contributed by atoms with Gasteiger partial charge in [0.15, 0.2) is 0 Å². The fourth-order valence-electron chi connectivity index (χ4n) is 0.749. The maximum Gasteiger partial charge on any atom is 0.250 e. The van der Waals surface area contributed by atoms with E-state index in [2.05, 4.69) is 4.72 Å². The van der Waals surface area contributed by atoms with Crippen LogP contribution < -0.4 is 4.72 Å². The van der Waals surface area contributed by atoms with E-state index in [1.54, 1.807) is 11.4 Å². The lowest BCUT2D eigenvalue weighted by atomic mass is 10.4. The van der Waals surface area contributed by atoms with Crippen molar-refractivity contribution in [1.82, 2.24) is 4.72 Å². The van der Waals surface area contributed by atoms with Crippen LogP contribution in [0.25, 0.3) is 0 Å². The molecule has 0 saturated heterocycles. The van der Waals surface area contributed by atoms with Crippen LogP contribution in [0.4, 0.5) is 0 Å². The summed E-state index contributed by atoms with van der Waals surface area (Å²) in [6, 6.07) is 1.71. The molecule has 1 heterocycles. The van der Waals surface area contributed by atoms with Crippen molar-refractivity contribution >= 4 is 33.0 Å². The third kappa shape index (κ3) is 1.80. The average molecular weight is 226 g/mol. The summed E-state index contributed by atoms with van der Waals surface area (Å²) >= 11 is 6.72. The second kappa shape index (κ2) is 3.74. The molecule has 3 nitrogen and oxygen atoms in total. The van der Waals surface area contributed by atoms with Gasteiger partial charge in [0.2, 0.25) is 10.0 Å². The molecule has 0 aliphatic heterocycles. The van der Waals surface area contributed by atoms with E-state index >= 15 is 0 Å². The van der Waals surface area contributed by atoms with Crippen LogP contribution in [0.5, 0.6) is 0 Å². The smallest absolute Gasteiger partial charge is 0.214 e. The summed E-state index contributed by atoms with van der Waals surface area (Å²) in [5.41, 5.74) is 0.649. The Bertz CT molecular complexity index is 357. The van der Waals surface area contributed by atoms with Crippen LogP contribution in [0.15, 0.2) is 15.7 Å². The molecule has 0 aromatic carbocycles. The molecule has 1 rings (SSSR count). The average Bonchev–Trinajstić information content (AvgIpc) is 2.52. The molecule has 0 atom stereocenters. The third-order valence-electron chi connectivity index (χ3n) is 1.36. The Balaban J connectivity index is 3.19. The minimum absolute atomic E-state index is 0.222. The van der Waals surface area contributed by atoms with Crippen molar-refractivity contribution in [2.24, 2.45) is 0 Å². The lowest BCUT2D eigenvalue weighted by molar-refractivity contribution is 0.590. The Kier molecular flexibility index (Phi) is 3.11. The molecule has 0 bridgehead atoms. The highest BCUT2D eigenvalue weighted by Crippen LogP contribution is 2.23. The van der Waals surface area contributed by atoms with Gasteiger partial charge in [-0.3, -0.25) is 0 Å². The van der Waals surface area contributed by atoms with Gasteiger partial charge in [-0.05, 0) is 24.1 Å². The summed E-state index contributed by atoms with van der Waals surface area (Å²) in [7, 11) is -1.93. The zero-order valence-corrected chi connectivity index (χ0v) is 8.76. The van der Waals surface area contributed by atoms with E-state index in [9.17, 15) is 8.42 Å². The van der Waals surface area contributed by atoms with Gasteiger partial charge in [-0.1, -0.05) is 0 Å². The molecule has 0 fully saturated rings. The summed E-state index contributed by atoms with van der Waals surface area (Å²) in [5.74, 6) is 0.222. The van der Waals surface area contributed by atoms with Gasteiger partial charge in [-0.25, -0.2) is 13.1 Å². The Morgan fingerprint density at radius 2 is 2.33 bits per heavy atom. The van der Waals surface area contributed by atoms with Crippen LogP contribution >= 0.6 is 22.9 Å². The van der Waals surface area contributed by atoms with Gasteiger partial charge in [0, 0.05) is 5.88 Å². The second-order valence-electron chi connectivity index (χ2n) is 2.07. The van der Waals surface area contributed by atoms with Crippen LogP contribution in [-0.4, -0.2) is 15.5 Å². The Labute approximate surface area is 80.4 Å². The molecule has 0 saturated carbocycles. The van der Waals surface area contributed by atoms with Crippen LogP contribution in [0.1, 0.15) is 5.56 Å². The zero-order valence-electron chi connectivity index (χ0n) is 6.37. The van der Waals surface area contributed by atoms with Crippen molar-refractivity contribution in [2.75, 3.05) is 7.05 Å². The minimum Gasteiger partial charge on any atom is -0.214 e. The summed E-state index contributed by atoms with van der Waals surface area (Å²) < 4.78 is 25.1. The van der Waals surface area contributed by atoms with Crippen LogP contribution in [0.2, 0.25) is 0 Å². The molecular weight excluding hydrogens is 218 g/mol. The van der Waals surface area contributed by atoms with Crippen LogP contribution in [-0.2, 0) is 15.9 Å². The van der Waals surface area contributed by atoms with Gasteiger partial charge >= 0.3 is 0 Å². The first-order chi connectivity index (χ1) is 5.61. The van der Waals surface area contributed by atoms with E-state index in [-0.39, 0.29) is 5.88 Å². The van der Waals surface area contributed by atoms with Gasteiger partial charge in [-0.2, -0.15) is 0 Å². The molecule has 0 radical (unpaired) electrons. The maximum absolute atomic E-state index is 11.3. The van der Waals surface area contributed by atoms with Crippen LogP contribution in [0.3, 0.4) is 0 Å². The van der Waals surface area contributed by atoms with E-state index in [1.807, 2.05) is 0 Å². The SMILES string of the molecule is CNS(=O)(=O)c1sccc1CCl. The summed E-state index contributed by atoms with van der Waals surface area (Å²) in [5, 5.41) is 1.71. The summed E-state index contributed by atoms with van der Waals surface area (Å²) in [6.07, 6.45) is 0. The van der Waals surface area contributed by atoms with Gasteiger partial charge in [0.05, 0.1) is 0 Å². The van der Waals surface area contributed by atoms with E-state index in [0.29, 0.717) is 9.77 Å². The largest absolute Gasteiger partial charge is 0.250 e. The molecule has 68 valence electrons. The van der Waals surface area contributed by atoms with Gasteiger partial charge in [0.1, 0.15) is 4.21 Å². The summed E-state index contributed by atoms with van der Waals surface area (Å²) in [4.78, 5) is 0. The first-order valence-corrected chi connectivity index (χ1v) is 6.07. The van der Waals surface area contributed by atoms with Crippen molar-refractivity contribution < 1.29 is 8.42 Å². The van der Waals surface area contributed by atoms with Crippen molar-refractivity contribution in [3.63, 3.8) is 0 Å². The molecule has 0 amide bonds. The highest BCUT2D eigenvalue weighted by atomic mass is 35.5. The number of hydrogen-bond acceptors (Lipinski definition) is 3. The number of thiophene rings is 1. The number of hydrogen-bond donors (Lipinski definition) is 1. The predicted octanol–water partition coefficient (Wildman–Crippen LogP) is 1.40. The monoisotopic (exact) mass is 225 g/mol. The standard InChI is InChI=1S/C6H8ClNO2S2/c1-8-12(9,10)6-5(4-7)2-3-11-6/h2-3,8H,4H2,1H3. The molecule has 0 unspecified atom stereocenters. The predicted molar refractivity (Wildman–Crippen MR) is 50.1 cm³/mol. The normalized spacial score (nSPS) is 11.8. The topological polar surface area (TPSA) is 46.2 Å². The van der Waals surface area contributed by atoms with Crippen molar-refractivity contribution in [3.8, 4) is 0 Å². The quantitative estimate of drug-likeness (QED) is 0.791. The van der Waals surface area contributed by atoms with Crippen LogP contribution in [0, 0.1) is 0 Å². The van der Waals surface area contributed by atoms with Crippen molar-refractivity contribution in [1.29, 1.82) is 0 Å². The van der Waals surface area contributed by atoms with Crippen molar-refractivity contribution in [2.45, 2.75) is 10.1 Å². The number of rotatable bonds is 3. The molecule has 12 heavy (non-hydrogen) atoms. The highest BCUT2D eigenvalue weighted by Gasteiger charge is 2.16. The zero-order chi connectivity index (χ0) is 9.19. The van der Waals surface area contributed by atoms with E-state index in [0.717, 1.165) is 0 Å². The van der Waals surface area contributed by atoms with E-state index in [4.69, 9.17) is 11.6 Å². The first kappa shape index (κ1) is 9.98. The maximum atomic E-state index is 11.3. The number of sulfonamides is 1. The molecule has 1 aromatic rings. The second-order valence-corrected chi connectivity index (χ2v) is 5.34. The van der Waals surface area contributed by atoms with Gasteiger partial charge in [-0.15, -0.1) is 22.9 Å². The van der Waals surface area contributed by atoms with E-state index < -0.39 is 10.0 Å². The number of halogens is 1. The van der Waals surface area contributed by atoms with Crippen molar-refractivity contribution in [3.05, 3.63) is 17.0 Å². The molecule has 0 aliphatic carbocycles. The highest BCUT2D eigenvalue weighted by molar-refractivity contribution is 7.91. The minimum atomic E-state index is -3.31. The Morgan fingerprint density at radius 1 is 1.67 bits per heavy atom. The molecule has 6 heteroatoms. The lowest BCUT2D eigenvalue weighted by Crippen LogP contribution is -2.18. The van der Waals surface area contributed by atoms with E-state index in [1.165, 1.54) is 18.4 Å². The number of nitrogens with one attached hydrogen (secondary N) is 1. The van der Waals surface area contributed by atoms with Gasteiger partial charge in [0.25, 0.3) is 0 Å². The third-order valence-corrected chi connectivity index (χ3v) is 4.63. The molecular formula is C6H8ClNO2S2.